The van der Waals surface area contributed by atoms with Gasteiger partial charge in [0, 0.05) is 11.5 Å². The van der Waals surface area contributed by atoms with Gasteiger partial charge in [0.05, 0.1) is 12.7 Å². The molecule has 0 heterocycles. The molecular formula is C13H15N3O2. The molecule has 5 nitrogen and oxygen atoms in total. The molecule has 0 spiro atoms. The average Bonchev–Trinajstić information content (AvgIpc) is 2.39. The van der Waals surface area contributed by atoms with Crippen molar-refractivity contribution in [1.29, 1.82) is 0 Å². The highest BCUT2D eigenvalue weighted by atomic mass is 16.5. The maximum atomic E-state index is 11.5. The molecule has 18 heavy (non-hydrogen) atoms. The molecule has 0 aliphatic rings. The lowest BCUT2D eigenvalue weighted by Gasteiger charge is -2.04. The first-order valence-electron chi connectivity index (χ1n) is 5.55. The lowest BCUT2D eigenvalue weighted by atomic mass is 10.0. The number of carbonyl (C=O) groups excluding carboxylic acids is 1. The Morgan fingerprint density at radius 3 is 3.00 bits per heavy atom. The summed E-state index contributed by atoms with van der Waals surface area (Å²) in [6, 6.07) is 5.58. The molecule has 94 valence electrons. The summed E-state index contributed by atoms with van der Waals surface area (Å²) in [6.45, 7) is 2.30. The molecule has 0 amide bonds. The minimum Gasteiger partial charge on any atom is -0.465 e. The van der Waals surface area contributed by atoms with Crippen molar-refractivity contribution in [2.45, 2.75) is 13.3 Å². The third-order valence-corrected chi connectivity index (χ3v) is 2.44. The van der Waals surface area contributed by atoms with Gasteiger partial charge in [-0.05, 0) is 36.1 Å². The Labute approximate surface area is 106 Å². The van der Waals surface area contributed by atoms with Crippen molar-refractivity contribution in [3.8, 4) is 0 Å². The van der Waals surface area contributed by atoms with E-state index in [1.165, 1.54) is 7.11 Å². The molecule has 0 atom stereocenters. The predicted molar refractivity (Wildman–Crippen MR) is 70.2 cm³/mol. The van der Waals surface area contributed by atoms with Crippen molar-refractivity contribution in [3.63, 3.8) is 0 Å². The molecule has 1 aromatic carbocycles. The van der Waals surface area contributed by atoms with Gasteiger partial charge in [-0.15, -0.1) is 0 Å². The molecule has 0 aliphatic heterocycles. The van der Waals surface area contributed by atoms with Crippen LogP contribution in [0.1, 0.15) is 27.9 Å². The highest BCUT2D eigenvalue weighted by Gasteiger charge is 2.08. The molecule has 0 bridgehead atoms. The van der Waals surface area contributed by atoms with E-state index in [0.29, 0.717) is 18.5 Å². The van der Waals surface area contributed by atoms with Crippen LogP contribution in [0.2, 0.25) is 0 Å². The van der Waals surface area contributed by atoms with Gasteiger partial charge < -0.3 is 4.74 Å². The quantitative estimate of drug-likeness (QED) is 0.262. The molecule has 0 unspecified atom stereocenters. The van der Waals surface area contributed by atoms with Crippen LogP contribution in [0.25, 0.3) is 16.5 Å². The molecule has 0 fully saturated rings. The van der Waals surface area contributed by atoms with Crippen LogP contribution in [0, 0.1) is 6.92 Å². The lowest BCUT2D eigenvalue weighted by Crippen LogP contribution is -2.03. The average molecular weight is 245 g/mol. The van der Waals surface area contributed by atoms with Crippen molar-refractivity contribution < 1.29 is 9.53 Å². The van der Waals surface area contributed by atoms with Crippen molar-refractivity contribution in [2.75, 3.05) is 13.7 Å². The standard InChI is InChI=1S/C13H15N3O2/c1-10-6-7-11(5-3-4-8-15-16-14)9-12(10)13(17)18-2/h3,5-7,9H,4,8H2,1-2H3. The van der Waals surface area contributed by atoms with E-state index < -0.39 is 0 Å². The van der Waals surface area contributed by atoms with Crippen LogP contribution in [0.4, 0.5) is 0 Å². The summed E-state index contributed by atoms with van der Waals surface area (Å²) >= 11 is 0. The zero-order chi connectivity index (χ0) is 13.4. The summed E-state index contributed by atoms with van der Waals surface area (Å²) in [6.07, 6.45) is 4.46. The van der Waals surface area contributed by atoms with Crippen LogP contribution >= 0.6 is 0 Å². The fraction of sp³-hybridized carbons (Fsp3) is 0.308. The van der Waals surface area contributed by atoms with Crippen LogP contribution in [0.3, 0.4) is 0 Å². The SMILES string of the molecule is COC(=O)c1cc(C=CCCN=[N+]=[N-])ccc1C. The van der Waals surface area contributed by atoms with Crippen LogP contribution in [0.5, 0.6) is 0 Å². The number of rotatable bonds is 5. The van der Waals surface area contributed by atoms with Gasteiger partial charge in [0.15, 0.2) is 0 Å². The molecule has 0 saturated heterocycles. The Morgan fingerprint density at radius 1 is 1.56 bits per heavy atom. The third-order valence-electron chi connectivity index (χ3n) is 2.44. The number of azide groups is 1. The summed E-state index contributed by atoms with van der Waals surface area (Å²) in [7, 11) is 1.37. The molecule has 5 heteroatoms. The normalized spacial score (nSPS) is 10.1. The zero-order valence-electron chi connectivity index (χ0n) is 10.5. The van der Waals surface area contributed by atoms with Crippen LogP contribution in [-0.4, -0.2) is 19.6 Å². The van der Waals surface area contributed by atoms with Gasteiger partial charge >= 0.3 is 5.97 Å². The molecule has 1 rings (SSSR count). The van der Waals surface area contributed by atoms with Crippen molar-refractivity contribution >= 4 is 12.0 Å². The molecule has 0 saturated carbocycles. The fourth-order valence-corrected chi connectivity index (χ4v) is 1.47. The van der Waals surface area contributed by atoms with Crippen LogP contribution in [0.15, 0.2) is 29.4 Å². The smallest absolute Gasteiger partial charge is 0.338 e. The largest absolute Gasteiger partial charge is 0.465 e. The first-order chi connectivity index (χ1) is 8.69. The van der Waals surface area contributed by atoms with E-state index in [4.69, 9.17) is 10.3 Å². The van der Waals surface area contributed by atoms with E-state index in [9.17, 15) is 4.79 Å². The summed E-state index contributed by atoms with van der Waals surface area (Å²) < 4.78 is 4.71. The van der Waals surface area contributed by atoms with E-state index in [1.54, 1.807) is 6.07 Å². The Kier molecular flexibility index (Phi) is 5.48. The Balaban J connectivity index is 2.78. The lowest BCUT2D eigenvalue weighted by molar-refractivity contribution is 0.0600. The molecule has 0 N–H and O–H groups in total. The van der Waals surface area contributed by atoms with E-state index in [1.807, 2.05) is 31.2 Å². The van der Waals surface area contributed by atoms with Gasteiger partial charge in [0.25, 0.3) is 0 Å². The first kappa shape index (κ1) is 13.8. The number of ether oxygens (including phenoxy) is 1. The van der Waals surface area contributed by atoms with Crippen LogP contribution < -0.4 is 0 Å². The predicted octanol–water partition coefficient (Wildman–Crippen LogP) is 3.50. The van der Waals surface area contributed by atoms with Crippen LogP contribution in [-0.2, 0) is 4.74 Å². The minimum atomic E-state index is -0.336. The fourth-order valence-electron chi connectivity index (χ4n) is 1.47. The molecule has 1 aromatic rings. The summed E-state index contributed by atoms with van der Waals surface area (Å²) in [4.78, 5) is 14.2. The second kappa shape index (κ2) is 7.14. The number of aryl methyl sites for hydroxylation is 1. The summed E-state index contributed by atoms with van der Waals surface area (Å²) in [5.41, 5.74) is 10.5. The summed E-state index contributed by atoms with van der Waals surface area (Å²) in [5, 5.41) is 3.43. The highest BCUT2D eigenvalue weighted by Crippen LogP contribution is 2.13. The van der Waals surface area contributed by atoms with E-state index in [0.717, 1.165) is 11.1 Å². The second-order valence-electron chi connectivity index (χ2n) is 3.71. The number of benzene rings is 1. The summed E-state index contributed by atoms with van der Waals surface area (Å²) in [5.74, 6) is -0.336. The Morgan fingerprint density at radius 2 is 2.33 bits per heavy atom. The monoisotopic (exact) mass is 245 g/mol. The van der Waals surface area contributed by atoms with Crippen molar-refractivity contribution in [1.82, 2.24) is 0 Å². The number of hydrogen-bond acceptors (Lipinski definition) is 3. The maximum Gasteiger partial charge on any atom is 0.338 e. The Hall–Kier alpha value is -2.26. The van der Waals surface area contributed by atoms with Crippen molar-refractivity contribution in [3.05, 3.63) is 51.4 Å². The van der Waals surface area contributed by atoms with Gasteiger partial charge in [-0.3, -0.25) is 0 Å². The van der Waals surface area contributed by atoms with Crippen molar-refractivity contribution in [2.24, 2.45) is 5.11 Å². The zero-order valence-corrected chi connectivity index (χ0v) is 10.5. The minimum absolute atomic E-state index is 0.336. The number of nitrogens with zero attached hydrogens (tertiary/aromatic N) is 3. The number of esters is 1. The van der Waals surface area contributed by atoms with Gasteiger partial charge in [-0.1, -0.05) is 29.4 Å². The van der Waals surface area contributed by atoms with Gasteiger partial charge in [-0.2, -0.15) is 0 Å². The number of hydrogen-bond donors (Lipinski definition) is 0. The number of carbonyl (C=O) groups is 1. The van der Waals surface area contributed by atoms with E-state index >= 15 is 0 Å². The second-order valence-corrected chi connectivity index (χ2v) is 3.71. The van der Waals surface area contributed by atoms with E-state index in [2.05, 4.69) is 10.0 Å². The molecule has 0 aliphatic carbocycles. The van der Waals surface area contributed by atoms with Gasteiger partial charge in [0.2, 0.25) is 0 Å². The molecule has 0 radical (unpaired) electrons. The van der Waals surface area contributed by atoms with Gasteiger partial charge in [0.1, 0.15) is 0 Å². The molecule has 0 aromatic heterocycles. The first-order valence-corrected chi connectivity index (χ1v) is 5.55. The molecular weight excluding hydrogens is 230 g/mol. The van der Waals surface area contributed by atoms with Gasteiger partial charge in [-0.25, -0.2) is 4.79 Å². The topological polar surface area (TPSA) is 75.1 Å². The maximum absolute atomic E-state index is 11.5. The third kappa shape index (κ3) is 3.96. The Bertz CT molecular complexity index is 503. The number of methoxy groups -OCH3 is 1. The highest BCUT2D eigenvalue weighted by molar-refractivity contribution is 5.91. The van der Waals surface area contributed by atoms with E-state index in [-0.39, 0.29) is 5.97 Å².